The van der Waals surface area contributed by atoms with Gasteiger partial charge >= 0.3 is 0 Å². The number of rotatable bonds is 11. The lowest BCUT2D eigenvalue weighted by Crippen LogP contribution is -2.30. The van der Waals surface area contributed by atoms with Crippen LogP contribution in [0, 0.1) is 5.92 Å². The number of hydrogen-bond acceptors (Lipinski definition) is 2. The lowest BCUT2D eigenvalue weighted by Gasteiger charge is -2.26. The van der Waals surface area contributed by atoms with E-state index >= 15 is 0 Å². The van der Waals surface area contributed by atoms with Crippen molar-refractivity contribution in [2.24, 2.45) is 11.7 Å². The van der Waals surface area contributed by atoms with E-state index in [1.807, 2.05) is 36.7 Å². The van der Waals surface area contributed by atoms with Gasteiger partial charge in [0, 0.05) is 36.7 Å². The summed E-state index contributed by atoms with van der Waals surface area (Å²) in [6, 6.07) is 21.1. The van der Waals surface area contributed by atoms with Crippen molar-refractivity contribution >= 4 is 18.3 Å². The lowest BCUT2D eigenvalue weighted by atomic mass is 9.80. The van der Waals surface area contributed by atoms with Crippen LogP contribution < -0.4 is 5.73 Å². The first-order chi connectivity index (χ1) is 14.6. The van der Waals surface area contributed by atoms with Crippen molar-refractivity contribution < 1.29 is 4.79 Å². The maximum absolute atomic E-state index is 12.5. The van der Waals surface area contributed by atoms with Crippen LogP contribution >= 0.6 is 12.4 Å². The van der Waals surface area contributed by atoms with Crippen LogP contribution in [0.3, 0.4) is 0 Å². The van der Waals surface area contributed by atoms with Crippen LogP contribution in [0.5, 0.6) is 0 Å². The summed E-state index contributed by atoms with van der Waals surface area (Å²) in [7, 11) is 0. The molecule has 2 N–H and O–H groups in total. The first-order valence-electron chi connectivity index (χ1n) is 11.0. The molecule has 3 aromatic rings. The van der Waals surface area contributed by atoms with Crippen molar-refractivity contribution in [2.75, 3.05) is 0 Å². The van der Waals surface area contributed by atoms with Crippen molar-refractivity contribution in [1.82, 2.24) is 9.55 Å². The van der Waals surface area contributed by atoms with Gasteiger partial charge < -0.3 is 10.3 Å². The summed E-state index contributed by atoms with van der Waals surface area (Å²) in [5, 5.41) is 0. The molecule has 31 heavy (non-hydrogen) atoms. The van der Waals surface area contributed by atoms with Gasteiger partial charge in [0.05, 0.1) is 0 Å². The van der Waals surface area contributed by atoms with Gasteiger partial charge in [0.25, 0.3) is 0 Å². The molecule has 0 spiro atoms. The van der Waals surface area contributed by atoms with Crippen LogP contribution in [0.15, 0.2) is 73.1 Å². The zero-order chi connectivity index (χ0) is 21.3. The van der Waals surface area contributed by atoms with Gasteiger partial charge in [-0.1, -0.05) is 67.1 Å². The van der Waals surface area contributed by atoms with Crippen LogP contribution in [0.25, 0.3) is 0 Å². The molecule has 0 saturated carbocycles. The van der Waals surface area contributed by atoms with Crippen molar-refractivity contribution in [1.29, 1.82) is 0 Å². The number of aromatic nitrogens is 2. The average molecular weight is 440 g/mol. The lowest BCUT2D eigenvalue weighted by molar-refractivity contribution is -0.122. The van der Waals surface area contributed by atoms with Crippen molar-refractivity contribution in [3.05, 3.63) is 90.0 Å². The first-order valence-corrected chi connectivity index (χ1v) is 11.0. The highest BCUT2D eigenvalue weighted by Gasteiger charge is 2.29. The number of nitrogens with zero attached hydrogens (tertiary/aromatic N) is 2. The van der Waals surface area contributed by atoms with Crippen molar-refractivity contribution in [3.8, 4) is 0 Å². The highest BCUT2D eigenvalue weighted by Crippen LogP contribution is 2.32. The zero-order valence-electron chi connectivity index (χ0n) is 18.5. The molecule has 4 nitrogen and oxygen atoms in total. The Morgan fingerprint density at radius 1 is 1.00 bits per heavy atom. The number of carbonyl (C=O) groups excluding carboxylic acids is 1. The normalized spacial score (nSPS) is 12.9. The molecule has 2 atom stereocenters. The van der Waals surface area contributed by atoms with E-state index in [-0.39, 0.29) is 30.2 Å². The number of hydrogen-bond donors (Lipinski definition) is 1. The number of imidazole rings is 1. The van der Waals surface area contributed by atoms with Gasteiger partial charge in [-0.2, -0.15) is 0 Å². The summed E-state index contributed by atoms with van der Waals surface area (Å²) in [6.45, 7) is 4.30. The Balaban J connectivity index is 0.00000341. The van der Waals surface area contributed by atoms with E-state index in [2.05, 4.69) is 59.8 Å². The Kier molecular flexibility index (Phi) is 9.80. The van der Waals surface area contributed by atoms with Gasteiger partial charge in [0.15, 0.2) is 0 Å². The van der Waals surface area contributed by atoms with Crippen LogP contribution in [0.1, 0.15) is 62.0 Å². The molecular formula is C26H34ClN3O. The topological polar surface area (TPSA) is 60.9 Å². The highest BCUT2D eigenvalue weighted by molar-refractivity contribution is 5.85. The van der Waals surface area contributed by atoms with Gasteiger partial charge in [-0.05, 0) is 44.2 Å². The molecule has 0 bridgehead atoms. The predicted octanol–water partition coefficient (Wildman–Crippen LogP) is 5.73. The number of primary amides is 1. The third-order valence-electron chi connectivity index (χ3n) is 5.86. The number of unbranched alkanes of at least 4 members (excludes halogenated alkanes) is 1. The number of carbonyl (C=O) groups is 1. The predicted molar refractivity (Wildman–Crippen MR) is 129 cm³/mol. The van der Waals surface area contributed by atoms with Gasteiger partial charge in [0.2, 0.25) is 5.91 Å². The van der Waals surface area contributed by atoms with Crippen LogP contribution in [0.4, 0.5) is 0 Å². The minimum atomic E-state index is -0.216. The maximum Gasteiger partial charge on any atom is 0.221 e. The number of benzene rings is 2. The van der Waals surface area contributed by atoms with Gasteiger partial charge in [0.1, 0.15) is 5.82 Å². The molecule has 3 rings (SSSR count). The van der Waals surface area contributed by atoms with Gasteiger partial charge in [-0.3, -0.25) is 4.79 Å². The van der Waals surface area contributed by atoms with Gasteiger partial charge in [-0.15, -0.1) is 12.4 Å². The van der Waals surface area contributed by atoms with Crippen LogP contribution in [-0.4, -0.2) is 15.5 Å². The molecule has 0 radical (unpaired) electrons. The summed E-state index contributed by atoms with van der Waals surface area (Å²) < 4.78 is 2.18. The van der Waals surface area contributed by atoms with Crippen molar-refractivity contribution in [2.45, 2.75) is 57.9 Å². The summed E-state index contributed by atoms with van der Waals surface area (Å²) in [5.41, 5.74) is 8.42. The molecule has 1 amide bonds. The molecule has 0 fully saturated rings. The zero-order valence-corrected chi connectivity index (χ0v) is 19.3. The minimum Gasteiger partial charge on any atom is -0.369 e. The van der Waals surface area contributed by atoms with Gasteiger partial charge in [-0.25, -0.2) is 4.98 Å². The highest BCUT2D eigenvalue weighted by atomic mass is 35.5. The Labute approximate surface area is 192 Å². The molecule has 2 aromatic carbocycles. The summed E-state index contributed by atoms with van der Waals surface area (Å²) >= 11 is 0. The number of halogens is 1. The number of amides is 1. The van der Waals surface area contributed by atoms with Crippen molar-refractivity contribution in [3.63, 3.8) is 0 Å². The van der Waals surface area contributed by atoms with E-state index in [9.17, 15) is 4.79 Å². The Morgan fingerprint density at radius 3 is 2.26 bits per heavy atom. The molecule has 0 aliphatic carbocycles. The largest absolute Gasteiger partial charge is 0.369 e. The summed E-state index contributed by atoms with van der Waals surface area (Å²) in [6.07, 6.45) is 8.42. The fourth-order valence-electron chi connectivity index (χ4n) is 4.24. The standard InChI is InChI=1S/C26H33N3O.ClH/c1-20(2)29-18-17-28-25(29)19-24(22-14-7-4-8-15-22)23(26(27)30)16-10-9-13-21-11-5-3-6-12-21;/h3-8,11-12,14-15,17-18,20,23-24H,9-10,13,16,19H2,1-2H3,(H2,27,30);1H. The minimum absolute atomic E-state index is 0. The average Bonchev–Trinajstić information content (AvgIpc) is 3.22. The molecule has 2 unspecified atom stereocenters. The van der Waals surface area contributed by atoms with Crippen LogP contribution in [-0.2, 0) is 17.6 Å². The number of nitrogens with two attached hydrogens (primary N) is 1. The Morgan fingerprint density at radius 2 is 1.65 bits per heavy atom. The molecule has 0 saturated heterocycles. The third kappa shape index (κ3) is 6.96. The first kappa shape index (κ1) is 24.7. The third-order valence-corrected chi connectivity index (χ3v) is 5.86. The van der Waals surface area contributed by atoms with E-state index < -0.39 is 0 Å². The molecule has 0 aliphatic heterocycles. The van der Waals surface area contributed by atoms with Crippen LogP contribution in [0.2, 0.25) is 0 Å². The SMILES string of the molecule is CC(C)n1ccnc1CC(c1ccccc1)C(CCCCc1ccccc1)C(N)=O.Cl. The second-order valence-corrected chi connectivity index (χ2v) is 8.31. The van der Waals surface area contributed by atoms with E-state index in [0.717, 1.165) is 37.1 Å². The molecule has 5 heteroatoms. The van der Waals surface area contributed by atoms with E-state index in [0.29, 0.717) is 12.5 Å². The Hall–Kier alpha value is -2.59. The second-order valence-electron chi connectivity index (χ2n) is 8.31. The Bertz CT molecular complexity index is 909. The molecular weight excluding hydrogens is 406 g/mol. The monoisotopic (exact) mass is 439 g/mol. The van der Waals surface area contributed by atoms with E-state index in [1.165, 1.54) is 5.56 Å². The smallest absolute Gasteiger partial charge is 0.221 e. The molecule has 1 heterocycles. The summed E-state index contributed by atoms with van der Waals surface area (Å²) in [5.74, 6) is 0.612. The second kappa shape index (κ2) is 12.3. The van der Waals surface area contributed by atoms with E-state index in [4.69, 9.17) is 5.73 Å². The molecule has 166 valence electrons. The summed E-state index contributed by atoms with van der Waals surface area (Å²) in [4.78, 5) is 17.1. The molecule has 1 aromatic heterocycles. The molecule has 0 aliphatic rings. The fraction of sp³-hybridized carbons (Fsp3) is 0.385. The quantitative estimate of drug-likeness (QED) is 0.388. The fourth-order valence-corrected chi connectivity index (χ4v) is 4.24. The van der Waals surface area contributed by atoms with E-state index in [1.54, 1.807) is 0 Å². The number of aryl methyl sites for hydroxylation is 1. The maximum atomic E-state index is 12.5.